The van der Waals surface area contributed by atoms with Crippen molar-refractivity contribution < 1.29 is 37.5 Å². The normalized spacial score (nSPS) is 26.2. The van der Waals surface area contributed by atoms with Gasteiger partial charge in [0.05, 0.1) is 0 Å². The Labute approximate surface area is 86.2 Å². The molecule has 2 rings (SSSR count). The van der Waals surface area contributed by atoms with E-state index >= 15 is 0 Å². The molecule has 1 amide bonds. The molecule has 0 unspecified atom stereocenters. The smallest absolute Gasteiger partial charge is 0.000272 e. The maximum Gasteiger partial charge on any atom is 0.000272 e. The molecule has 0 N–H and O–H groups in total. The largest absolute Gasteiger partial charge is 0.520 e. The Kier molecular flexibility index (Phi) is 2.52. The number of hydrogen-bond donors (Lipinski definition) is 0. The molecule has 2 fully saturated rings. The van der Waals surface area contributed by atoms with Crippen molar-refractivity contribution in [3.63, 3.8) is 0 Å². The fourth-order valence-electron chi connectivity index (χ4n) is 1.82. The van der Waals surface area contributed by atoms with Crippen molar-refractivity contribution in [3.8, 4) is 0 Å². The van der Waals surface area contributed by atoms with E-state index in [0.717, 1.165) is 13.1 Å². The van der Waals surface area contributed by atoms with Crippen LogP contribution in [0.3, 0.4) is 0 Å². The average molecular weight is 213 g/mol. The quantitative estimate of drug-likeness (QED) is 0.582. The first-order valence-corrected chi connectivity index (χ1v) is 3.47. The monoisotopic (exact) mass is 213 g/mol. The third kappa shape index (κ3) is 1.16. The topological polar surface area (TPSA) is 20.3 Å². The number of hydrogen-bond acceptors (Lipinski definition) is 1. The second-order valence-corrected chi connectivity index (χ2v) is 3.30. The summed E-state index contributed by atoms with van der Waals surface area (Å²) in [5.74, 6) is 0. The second-order valence-electron chi connectivity index (χ2n) is 3.30. The van der Waals surface area contributed by atoms with Gasteiger partial charge in [0.25, 0.3) is 0 Å². The Bertz CT molecular complexity index is 137. The molecule has 0 bridgehead atoms. The number of likely N-dealkylation sites (tertiary alicyclic amines) is 1. The molecule has 2 nitrogen and oxygen atoms in total. The van der Waals surface area contributed by atoms with Gasteiger partial charge in [-0.2, -0.15) is 6.41 Å². The molecule has 1 aliphatic carbocycles. The summed E-state index contributed by atoms with van der Waals surface area (Å²) in [6.07, 6.45) is 5.95. The van der Waals surface area contributed by atoms with E-state index in [0.29, 0.717) is 5.41 Å². The van der Waals surface area contributed by atoms with Gasteiger partial charge in [0.1, 0.15) is 0 Å². The molecule has 0 aromatic rings. The van der Waals surface area contributed by atoms with E-state index in [9.17, 15) is 4.79 Å². The molecule has 1 saturated heterocycles. The van der Waals surface area contributed by atoms with Gasteiger partial charge in [-0.05, 0) is 25.9 Å². The average Bonchev–Trinajstić information content (AvgIpc) is 1.59. The zero-order chi connectivity index (χ0) is 6.32. The van der Waals surface area contributed by atoms with E-state index in [1.54, 1.807) is 4.90 Å². The molecule has 0 atom stereocenters. The Morgan fingerprint density at radius 3 is 2.20 bits per heavy atom. The van der Waals surface area contributed by atoms with Crippen molar-refractivity contribution in [2.75, 3.05) is 13.1 Å². The van der Waals surface area contributed by atoms with Gasteiger partial charge in [0.15, 0.2) is 0 Å². The van der Waals surface area contributed by atoms with Crippen LogP contribution in [0, 0.1) is 5.41 Å². The van der Waals surface area contributed by atoms with Crippen LogP contribution in [0.15, 0.2) is 0 Å². The molecular weight excluding hydrogens is 203 g/mol. The van der Waals surface area contributed by atoms with Gasteiger partial charge in [-0.1, -0.05) is 6.42 Å². The first-order chi connectivity index (χ1) is 4.35. The maximum absolute atomic E-state index is 10.0. The van der Waals surface area contributed by atoms with Crippen LogP contribution >= 0.6 is 0 Å². The molecule has 1 heterocycles. The molecule has 1 radical (unpaired) electrons. The van der Waals surface area contributed by atoms with Gasteiger partial charge in [-0.3, -0.25) is 0 Å². The summed E-state index contributed by atoms with van der Waals surface area (Å²) in [5.41, 5.74) is 0.581. The van der Waals surface area contributed by atoms with E-state index in [2.05, 4.69) is 0 Å². The fourth-order valence-corrected chi connectivity index (χ4v) is 1.82. The third-order valence-electron chi connectivity index (χ3n) is 2.60. The minimum absolute atomic E-state index is 0. The van der Waals surface area contributed by atoms with Gasteiger partial charge >= 0.3 is 0 Å². The summed E-state index contributed by atoms with van der Waals surface area (Å²) in [6.45, 7) is 1.97. The van der Waals surface area contributed by atoms with Crippen molar-refractivity contribution in [2.45, 2.75) is 19.3 Å². The van der Waals surface area contributed by atoms with E-state index in [1.807, 2.05) is 6.41 Å². The maximum atomic E-state index is 10.0. The summed E-state index contributed by atoms with van der Waals surface area (Å²) in [6, 6.07) is 0. The van der Waals surface area contributed by atoms with Crippen LogP contribution in [0.1, 0.15) is 19.3 Å². The Balaban J connectivity index is 0.000000500. The number of rotatable bonds is 1. The van der Waals surface area contributed by atoms with Crippen molar-refractivity contribution >= 4 is 6.41 Å². The van der Waals surface area contributed by atoms with Crippen LogP contribution < -0.4 is 0 Å². The van der Waals surface area contributed by atoms with Gasteiger partial charge < -0.3 is 9.69 Å². The van der Waals surface area contributed by atoms with Crippen LogP contribution in [-0.2, 0) is 37.5 Å². The first-order valence-electron chi connectivity index (χ1n) is 3.47. The summed E-state index contributed by atoms with van der Waals surface area (Å²) in [4.78, 5) is 11.8. The minimum Gasteiger partial charge on any atom is -0.520 e. The molecular formula is C7H10NOY-. The Morgan fingerprint density at radius 1 is 1.30 bits per heavy atom. The van der Waals surface area contributed by atoms with Crippen LogP contribution in [0.25, 0.3) is 0 Å². The summed E-state index contributed by atoms with van der Waals surface area (Å²) >= 11 is 0. The molecule has 2 aliphatic rings. The molecule has 3 heteroatoms. The number of carbonyl (C=O) groups excluding carboxylic acids is 1. The molecule has 1 aliphatic heterocycles. The molecule has 0 aromatic carbocycles. The predicted molar refractivity (Wildman–Crippen MR) is 33.6 cm³/mol. The Morgan fingerprint density at radius 2 is 1.90 bits per heavy atom. The predicted octanol–water partition coefficient (Wildman–Crippen LogP) is 0.537. The van der Waals surface area contributed by atoms with Crippen molar-refractivity contribution in [3.05, 3.63) is 0 Å². The van der Waals surface area contributed by atoms with Gasteiger partial charge in [-0.15, -0.1) is 0 Å². The zero-order valence-corrected chi connectivity index (χ0v) is 8.81. The van der Waals surface area contributed by atoms with Crippen LogP contribution in [-0.4, -0.2) is 24.4 Å². The fraction of sp³-hybridized carbons (Fsp3) is 0.857. The van der Waals surface area contributed by atoms with E-state index in [-0.39, 0.29) is 32.7 Å². The molecule has 1 spiro atoms. The zero-order valence-electron chi connectivity index (χ0n) is 5.97. The SMILES string of the molecule is O=[C-]N1CC2(CCC2)C1.[Y]. The van der Waals surface area contributed by atoms with E-state index in [1.165, 1.54) is 19.3 Å². The van der Waals surface area contributed by atoms with Gasteiger partial charge in [0.2, 0.25) is 0 Å². The third-order valence-corrected chi connectivity index (χ3v) is 2.60. The summed E-state index contributed by atoms with van der Waals surface area (Å²) in [5, 5.41) is 0. The van der Waals surface area contributed by atoms with Crippen LogP contribution in [0.2, 0.25) is 0 Å². The molecule has 53 valence electrons. The molecule has 0 aromatic heterocycles. The second kappa shape index (κ2) is 2.90. The van der Waals surface area contributed by atoms with Gasteiger partial charge in [0, 0.05) is 38.1 Å². The van der Waals surface area contributed by atoms with E-state index < -0.39 is 0 Å². The van der Waals surface area contributed by atoms with Crippen LogP contribution in [0.5, 0.6) is 0 Å². The van der Waals surface area contributed by atoms with Crippen LogP contribution in [0.4, 0.5) is 0 Å². The van der Waals surface area contributed by atoms with Crippen molar-refractivity contribution in [2.24, 2.45) is 5.41 Å². The Hall–Kier alpha value is 0.574. The molecule has 10 heavy (non-hydrogen) atoms. The van der Waals surface area contributed by atoms with Crippen molar-refractivity contribution in [1.82, 2.24) is 4.90 Å². The summed E-state index contributed by atoms with van der Waals surface area (Å²) < 4.78 is 0. The van der Waals surface area contributed by atoms with Crippen molar-refractivity contribution in [1.29, 1.82) is 0 Å². The first kappa shape index (κ1) is 8.67. The van der Waals surface area contributed by atoms with Gasteiger partial charge in [-0.25, -0.2) is 0 Å². The molecule has 1 saturated carbocycles. The summed E-state index contributed by atoms with van der Waals surface area (Å²) in [7, 11) is 0. The number of amides is 1. The number of nitrogens with zero attached hydrogens (tertiary/aromatic N) is 1. The van der Waals surface area contributed by atoms with E-state index in [4.69, 9.17) is 0 Å². The standard InChI is InChI=1S/C7H10NO.Y/c9-6-8-4-7(5-8)2-1-3-7;/h1-5H2;/q-1;. The minimum atomic E-state index is 0.